The second kappa shape index (κ2) is 4.33. The number of hydrogen-bond donors (Lipinski definition) is 1. The number of fused-ring (bicyclic) bond motifs is 1. The van der Waals surface area contributed by atoms with Crippen LogP contribution in [-0.4, -0.2) is 18.1 Å². The van der Waals surface area contributed by atoms with Crippen molar-refractivity contribution in [3.8, 4) is 0 Å². The summed E-state index contributed by atoms with van der Waals surface area (Å²) in [6.07, 6.45) is 7.47. The maximum absolute atomic E-state index is 4.17. The lowest BCUT2D eigenvalue weighted by Crippen LogP contribution is -2.09. The average molecular weight is 223 g/mol. The van der Waals surface area contributed by atoms with Gasteiger partial charge in [0, 0.05) is 18.9 Å². The van der Waals surface area contributed by atoms with E-state index >= 15 is 0 Å². The fraction of sp³-hybridized carbons (Fsp3) is 0.417. The van der Waals surface area contributed by atoms with Crippen LogP contribution in [-0.2, 0) is 0 Å². The third kappa shape index (κ3) is 1.92. The molecule has 2 atom stereocenters. The highest BCUT2D eigenvalue weighted by Crippen LogP contribution is 2.37. The zero-order valence-corrected chi connectivity index (χ0v) is 9.33. The second-order valence-corrected chi connectivity index (χ2v) is 4.22. The molecule has 0 saturated carbocycles. The van der Waals surface area contributed by atoms with Crippen LogP contribution in [0.5, 0.6) is 0 Å². The van der Waals surface area contributed by atoms with Crippen LogP contribution in [0.3, 0.4) is 0 Å². The Bertz CT molecular complexity index is 361. The van der Waals surface area contributed by atoms with Gasteiger partial charge in [-0.1, -0.05) is 12.1 Å². The van der Waals surface area contributed by atoms with E-state index in [9.17, 15) is 0 Å². The van der Waals surface area contributed by atoms with Crippen LogP contribution < -0.4 is 5.32 Å². The maximum atomic E-state index is 4.17. The first-order valence-electron chi connectivity index (χ1n) is 5.25. The molecular formula is C12H15ClN2. The second-order valence-electron chi connectivity index (χ2n) is 4.22. The molecule has 1 aromatic rings. The number of aromatic nitrogens is 1. The zero-order valence-electron chi connectivity index (χ0n) is 8.52. The van der Waals surface area contributed by atoms with Crippen molar-refractivity contribution in [2.24, 2.45) is 11.8 Å². The third-order valence-corrected chi connectivity index (χ3v) is 3.32. The Morgan fingerprint density at radius 2 is 2.27 bits per heavy atom. The van der Waals surface area contributed by atoms with Gasteiger partial charge in [0.05, 0.1) is 0 Å². The quantitative estimate of drug-likeness (QED) is 0.788. The predicted octanol–water partition coefficient (Wildman–Crippen LogP) is 2.13. The molecule has 0 radical (unpaired) electrons. The van der Waals surface area contributed by atoms with E-state index in [0.717, 1.165) is 18.4 Å². The van der Waals surface area contributed by atoms with Gasteiger partial charge in [-0.25, -0.2) is 0 Å². The van der Waals surface area contributed by atoms with Crippen molar-refractivity contribution >= 4 is 18.0 Å². The van der Waals surface area contributed by atoms with E-state index in [1.165, 1.54) is 24.1 Å². The van der Waals surface area contributed by atoms with Crippen molar-refractivity contribution in [2.45, 2.75) is 6.42 Å². The summed E-state index contributed by atoms with van der Waals surface area (Å²) in [5.74, 6) is 1.61. The molecule has 2 nitrogen and oxygen atoms in total. The molecule has 2 heterocycles. The van der Waals surface area contributed by atoms with Gasteiger partial charge in [0.1, 0.15) is 0 Å². The van der Waals surface area contributed by atoms with E-state index in [0.29, 0.717) is 0 Å². The van der Waals surface area contributed by atoms with Crippen molar-refractivity contribution < 1.29 is 0 Å². The summed E-state index contributed by atoms with van der Waals surface area (Å²) in [6.45, 7) is 2.35. The van der Waals surface area contributed by atoms with Gasteiger partial charge in [-0.3, -0.25) is 4.98 Å². The molecule has 15 heavy (non-hydrogen) atoms. The maximum Gasteiger partial charge on any atom is 0.0342 e. The summed E-state index contributed by atoms with van der Waals surface area (Å²) in [7, 11) is 0. The molecule has 1 aliphatic heterocycles. The molecule has 1 aliphatic carbocycles. The fourth-order valence-corrected chi connectivity index (χ4v) is 2.55. The van der Waals surface area contributed by atoms with Gasteiger partial charge in [0.2, 0.25) is 0 Å². The highest BCUT2D eigenvalue weighted by molar-refractivity contribution is 5.85. The Balaban J connectivity index is 0.000000853. The monoisotopic (exact) mass is 222 g/mol. The Morgan fingerprint density at radius 1 is 1.33 bits per heavy atom. The van der Waals surface area contributed by atoms with Crippen LogP contribution in [0, 0.1) is 11.8 Å². The molecule has 0 spiro atoms. The molecule has 1 saturated heterocycles. The molecular weight excluding hydrogens is 208 g/mol. The molecule has 0 bridgehead atoms. The fourth-order valence-electron chi connectivity index (χ4n) is 2.55. The Hall–Kier alpha value is -0.860. The van der Waals surface area contributed by atoms with Crippen LogP contribution in [0.4, 0.5) is 0 Å². The van der Waals surface area contributed by atoms with Crippen molar-refractivity contribution in [2.75, 3.05) is 13.1 Å². The van der Waals surface area contributed by atoms with Gasteiger partial charge >= 0.3 is 0 Å². The van der Waals surface area contributed by atoms with Gasteiger partial charge in [-0.15, -0.1) is 12.4 Å². The van der Waals surface area contributed by atoms with E-state index in [1.807, 2.05) is 18.5 Å². The molecule has 0 aromatic carbocycles. The lowest BCUT2D eigenvalue weighted by molar-refractivity contribution is 0.536. The first-order chi connectivity index (χ1) is 6.93. The Labute approximate surface area is 96.2 Å². The minimum atomic E-state index is 0. The molecule has 0 amide bonds. The SMILES string of the molecule is C1=C(c2cccnc2)CC2CNCC12.Cl. The molecule has 80 valence electrons. The zero-order chi connectivity index (χ0) is 9.38. The van der Waals surface area contributed by atoms with Crippen LogP contribution in [0.2, 0.25) is 0 Å². The third-order valence-electron chi connectivity index (χ3n) is 3.32. The van der Waals surface area contributed by atoms with Crippen LogP contribution in [0.15, 0.2) is 30.6 Å². The molecule has 2 aliphatic rings. The lowest BCUT2D eigenvalue weighted by atomic mass is 9.99. The van der Waals surface area contributed by atoms with Gasteiger partial charge in [-0.2, -0.15) is 0 Å². The molecule has 2 unspecified atom stereocenters. The van der Waals surface area contributed by atoms with E-state index in [4.69, 9.17) is 0 Å². The largest absolute Gasteiger partial charge is 0.316 e. The molecule has 3 rings (SSSR count). The van der Waals surface area contributed by atoms with Crippen molar-refractivity contribution in [3.63, 3.8) is 0 Å². The molecule has 1 N–H and O–H groups in total. The molecule has 1 fully saturated rings. The minimum absolute atomic E-state index is 0. The summed E-state index contributed by atoms with van der Waals surface area (Å²) < 4.78 is 0. The number of allylic oxidation sites excluding steroid dienone is 1. The smallest absolute Gasteiger partial charge is 0.0342 e. The Kier molecular flexibility index (Phi) is 3.08. The van der Waals surface area contributed by atoms with Gasteiger partial charge in [0.15, 0.2) is 0 Å². The van der Waals surface area contributed by atoms with Crippen molar-refractivity contribution in [1.29, 1.82) is 0 Å². The number of nitrogens with one attached hydrogen (secondary N) is 1. The first kappa shape index (κ1) is 10.7. The van der Waals surface area contributed by atoms with E-state index in [2.05, 4.69) is 22.4 Å². The van der Waals surface area contributed by atoms with Crippen LogP contribution in [0.1, 0.15) is 12.0 Å². The van der Waals surface area contributed by atoms with E-state index < -0.39 is 0 Å². The number of hydrogen-bond acceptors (Lipinski definition) is 2. The number of halogens is 1. The summed E-state index contributed by atoms with van der Waals surface area (Å²) in [6, 6.07) is 4.18. The van der Waals surface area contributed by atoms with Gasteiger partial charge in [0.25, 0.3) is 0 Å². The average Bonchev–Trinajstić information content (AvgIpc) is 2.78. The predicted molar refractivity (Wildman–Crippen MR) is 63.9 cm³/mol. The first-order valence-corrected chi connectivity index (χ1v) is 5.25. The molecule has 3 heteroatoms. The number of pyridine rings is 1. The van der Waals surface area contributed by atoms with Crippen molar-refractivity contribution in [1.82, 2.24) is 10.3 Å². The van der Waals surface area contributed by atoms with E-state index in [-0.39, 0.29) is 12.4 Å². The Morgan fingerprint density at radius 3 is 3.00 bits per heavy atom. The summed E-state index contributed by atoms with van der Waals surface area (Å²) >= 11 is 0. The van der Waals surface area contributed by atoms with Crippen LogP contribution in [0.25, 0.3) is 5.57 Å². The van der Waals surface area contributed by atoms with Gasteiger partial charge in [-0.05, 0) is 42.0 Å². The number of nitrogens with zero attached hydrogens (tertiary/aromatic N) is 1. The highest BCUT2D eigenvalue weighted by Gasteiger charge is 2.31. The van der Waals surface area contributed by atoms with Crippen LogP contribution >= 0.6 is 12.4 Å². The van der Waals surface area contributed by atoms with Crippen molar-refractivity contribution in [3.05, 3.63) is 36.2 Å². The summed E-state index contributed by atoms with van der Waals surface area (Å²) in [4.78, 5) is 4.17. The summed E-state index contributed by atoms with van der Waals surface area (Å²) in [5, 5.41) is 3.44. The summed E-state index contributed by atoms with van der Waals surface area (Å²) in [5.41, 5.74) is 2.80. The van der Waals surface area contributed by atoms with Gasteiger partial charge < -0.3 is 5.32 Å². The topological polar surface area (TPSA) is 24.9 Å². The molecule has 1 aromatic heterocycles. The lowest BCUT2D eigenvalue weighted by Gasteiger charge is -2.05. The minimum Gasteiger partial charge on any atom is -0.316 e. The normalized spacial score (nSPS) is 28.1. The van der Waals surface area contributed by atoms with E-state index in [1.54, 1.807) is 0 Å². The standard InChI is InChI=1S/C12H14N2.ClH/c1-2-9(6-13-3-1)10-4-11-7-14-8-12(11)5-10;/h1-4,6,11-12,14H,5,7-8H2;1H. The highest BCUT2D eigenvalue weighted by atomic mass is 35.5. The number of rotatable bonds is 1.